The Morgan fingerprint density at radius 2 is 2.12 bits per heavy atom. The number of rotatable bonds is 6. The summed E-state index contributed by atoms with van der Waals surface area (Å²) in [5.74, 6) is 0.370. The number of amides is 1. The van der Waals surface area contributed by atoms with Crippen LogP contribution in [0, 0.1) is 12.7 Å². The molecule has 1 aliphatic rings. The van der Waals surface area contributed by atoms with Crippen molar-refractivity contribution in [3.05, 3.63) is 77.4 Å². The summed E-state index contributed by atoms with van der Waals surface area (Å²) in [7, 11) is 0. The summed E-state index contributed by atoms with van der Waals surface area (Å²) >= 11 is 0. The van der Waals surface area contributed by atoms with Crippen LogP contribution < -0.4 is 5.73 Å². The van der Waals surface area contributed by atoms with Gasteiger partial charge >= 0.3 is 0 Å². The standard InChI is InChI=1S/C25H27FN4O2/c1-17-14-18(8-10-20(17)26)4-2-7-25(31)30-12-13-32-23(16-30)22-6-3-5-21(29-22)19-9-11-24(27)28-15-19/h3,5-6,8-11,14-15,23H,2,4,7,12-13,16H2,1H3,(H2,27,28). The minimum atomic E-state index is -0.269. The third-order valence-corrected chi connectivity index (χ3v) is 5.68. The first-order valence-corrected chi connectivity index (χ1v) is 10.8. The van der Waals surface area contributed by atoms with Gasteiger partial charge < -0.3 is 15.4 Å². The quantitative estimate of drug-likeness (QED) is 0.632. The molecule has 7 heteroatoms. The van der Waals surface area contributed by atoms with E-state index in [4.69, 9.17) is 15.5 Å². The van der Waals surface area contributed by atoms with Crippen LogP contribution in [0.25, 0.3) is 11.3 Å². The number of nitrogen functional groups attached to an aromatic ring is 1. The molecule has 1 unspecified atom stereocenters. The second-order valence-corrected chi connectivity index (χ2v) is 8.06. The summed E-state index contributed by atoms with van der Waals surface area (Å²) in [6, 6.07) is 14.5. The van der Waals surface area contributed by atoms with Crippen LogP contribution in [0.3, 0.4) is 0 Å². The van der Waals surface area contributed by atoms with E-state index in [9.17, 15) is 9.18 Å². The lowest BCUT2D eigenvalue weighted by Gasteiger charge is -2.33. The first-order chi connectivity index (χ1) is 15.5. The molecule has 6 nitrogen and oxygen atoms in total. The number of benzene rings is 1. The van der Waals surface area contributed by atoms with Crippen molar-refractivity contribution in [1.29, 1.82) is 0 Å². The Hall–Kier alpha value is -3.32. The molecule has 1 aliphatic heterocycles. The SMILES string of the molecule is Cc1cc(CCCC(=O)N2CCOC(c3cccc(-c4ccc(N)nc4)n3)C2)ccc1F. The predicted octanol–water partition coefficient (Wildman–Crippen LogP) is 4.10. The Kier molecular flexibility index (Phi) is 6.75. The molecule has 0 saturated carbocycles. The first-order valence-electron chi connectivity index (χ1n) is 10.8. The zero-order valence-corrected chi connectivity index (χ0v) is 18.1. The molecule has 0 aliphatic carbocycles. The van der Waals surface area contributed by atoms with Gasteiger partial charge in [-0.1, -0.05) is 18.2 Å². The molecule has 1 atom stereocenters. The molecule has 166 valence electrons. The average Bonchev–Trinajstić information content (AvgIpc) is 2.82. The fourth-order valence-corrected chi connectivity index (χ4v) is 3.87. The van der Waals surface area contributed by atoms with Crippen LogP contribution in [0.5, 0.6) is 0 Å². The van der Waals surface area contributed by atoms with E-state index in [0.717, 1.165) is 35.4 Å². The largest absolute Gasteiger partial charge is 0.384 e. The molecule has 1 saturated heterocycles. The van der Waals surface area contributed by atoms with E-state index < -0.39 is 0 Å². The number of nitrogens with two attached hydrogens (primary N) is 1. The van der Waals surface area contributed by atoms with E-state index in [2.05, 4.69) is 4.98 Å². The highest BCUT2D eigenvalue weighted by molar-refractivity contribution is 5.76. The molecule has 1 fully saturated rings. The van der Waals surface area contributed by atoms with Crippen molar-refractivity contribution in [2.75, 3.05) is 25.4 Å². The summed E-state index contributed by atoms with van der Waals surface area (Å²) in [5.41, 5.74) is 9.81. The summed E-state index contributed by atoms with van der Waals surface area (Å²) in [6.07, 6.45) is 3.35. The van der Waals surface area contributed by atoms with Gasteiger partial charge in [-0.15, -0.1) is 0 Å². The number of hydrogen-bond donors (Lipinski definition) is 1. The molecule has 0 bridgehead atoms. The Balaban J connectivity index is 1.35. The topological polar surface area (TPSA) is 81.3 Å². The van der Waals surface area contributed by atoms with Gasteiger partial charge in [-0.2, -0.15) is 0 Å². The Morgan fingerprint density at radius 3 is 2.91 bits per heavy atom. The Morgan fingerprint density at radius 1 is 1.25 bits per heavy atom. The maximum Gasteiger partial charge on any atom is 0.222 e. The predicted molar refractivity (Wildman–Crippen MR) is 121 cm³/mol. The molecule has 1 amide bonds. The van der Waals surface area contributed by atoms with Crippen molar-refractivity contribution in [2.45, 2.75) is 32.3 Å². The summed E-state index contributed by atoms with van der Waals surface area (Å²) in [4.78, 5) is 23.5. The van der Waals surface area contributed by atoms with Gasteiger partial charge in [0.05, 0.1) is 24.5 Å². The van der Waals surface area contributed by atoms with Crippen LogP contribution >= 0.6 is 0 Å². The van der Waals surface area contributed by atoms with Crippen LogP contribution in [-0.2, 0) is 16.0 Å². The Labute approximate surface area is 187 Å². The normalized spacial score (nSPS) is 16.2. The van der Waals surface area contributed by atoms with Crippen molar-refractivity contribution < 1.29 is 13.9 Å². The fraction of sp³-hybridized carbons (Fsp3) is 0.320. The van der Waals surface area contributed by atoms with E-state index in [0.29, 0.717) is 37.5 Å². The van der Waals surface area contributed by atoms with Gasteiger partial charge in [-0.05, 0) is 61.2 Å². The molecular weight excluding hydrogens is 407 g/mol. The number of carbonyl (C=O) groups excluding carboxylic acids is 1. The minimum Gasteiger partial charge on any atom is -0.384 e. The van der Waals surface area contributed by atoms with Crippen molar-refractivity contribution in [2.24, 2.45) is 0 Å². The molecule has 0 radical (unpaired) electrons. The van der Waals surface area contributed by atoms with Crippen molar-refractivity contribution in [3.8, 4) is 11.3 Å². The zero-order valence-electron chi connectivity index (χ0n) is 18.1. The molecule has 0 spiro atoms. The maximum absolute atomic E-state index is 13.4. The van der Waals surface area contributed by atoms with Crippen molar-refractivity contribution in [3.63, 3.8) is 0 Å². The van der Waals surface area contributed by atoms with Gasteiger partial charge in [0.2, 0.25) is 5.91 Å². The van der Waals surface area contributed by atoms with E-state index in [-0.39, 0.29) is 17.8 Å². The monoisotopic (exact) mass is 434 g/mol. The van der Waals surface area contributed by atoms with E-state index in [1.165, 1.54) is 6.07 Å². The number of pyridine rings is 2. The van der Waals surface area contributed by atoms with Gasteiger partial charge in [0.25, 0.3) is 0 Å². The lowest BCUT2D eigenvalue weighted by atomic mass is 10.0. The van der Waals surface area contributed by atoms with E-state index in [1.54, 1.807) is 25.3 Å². The second-order valence-electron chi connectivity index (χ2n) is 8.06. The smallest absolute Gasteiger partial charge is 0.222 e. The molecule has 3 heterocycles. The lowest BCUT2D eigenvalue weighted by molar-refractivity contribution is -0.139. The molecule has 4 rings (SSSR count). The molecule has 3 aromatic rings. The number of nitrogens with zero attached hydrogens (tertiary/aromatic N) is 3. The average molecular weight is 435 g/mol. The molecule has 2 N–H and O–H groups in total. The lowest BCUT2D eigenvalue weighted by Crippen LogP contribution is -2.42. The van der Waals surface area contributed by atoms with Gasteiger partial charge in [0.15, 0.2) is 0 Å². The van der Waals surface area contributed by atoms with Crippen LogP contribution in [0.1, 0.15) is 35.8 Å². The molecule has 32 heavy (non-hydrogen) atoms. The van der Waals surface area contributed by atoms with Gasteiger partial charge in [-0.25, -0.2) is 14.4 Å². The van der Waals surface area contributed by atoms with Gasteiger partial charge in [0.1, 0.15) is 17.7 Å². The molecule has 2 aromatic heterocycles. The number of aryl methyl sites for hydroxylation is 2. The summed E-state index contributed by atoms with van der Waals surface area (Å²) in [6.45, 7) is 3.28. The highest BCUT2D eigenvalue weighted by Crippen LogP contribution is 2.25. The minimum absolute atomic E-state index is 0.107. The zero-order chi connectivity index (χ0) is 22.5. The van der Waals surface area contributed by atoms with E-state index >= 15 is 0 Å². The number of carbonyl (C=O) groups is 1. The third-order valence-electron chi connectivity index (χ3n) is 5.68. The van der Waals surface area contributed by atoms with Gasteiger partial charge in [-0.3, -0.25) is 4.79 Å². The first kappa shape index (κ1) is 21.9. The number of morpholine rings is 1. The van der Waals surface area contributed by atoms with Crippen LogP contribution in [0.4, 0.5) is 10.2 Å². The highest BCUT2D eigenvalue weighted by Gasteiger charge is 2.26. The van der Waals surface area contributed by atoms with Gasteiger partial charge in [0, 0.05) is 24.7 Å². The number of halogens is 1. The highest BCUT2D eigenvalue weighted by atomic mass is 19.1. The van der Waals surface area contributed by atoms with Crippen LogP contribution in [0.15, 0.2) is 54.7 Å². The molecular formula is C25H27FN4O2. The summed E-state index contributed by atoms with van der Waals surface area (Å²) in [5, 5.41) is 0. The number of ether oxygens (including phenoxy) is 1. The second kappa shape index (κ2) is 9.87. The number of hydrogen-bond acceptors (Lipinski definition) is 5. The number of aromatic nitrogens is 2. The Bertz CT molecular complexity index is 1090. The van der Waals surface area contributed by atoms with Crippen molar-refractivity contribution >= 4 is 11.7 Å². The van der Waals surface area contributed by atoms with Crippen molar-refractivity contribution in [1.82, 2.24) is 14.9 Å². The summed E-state index contributed by atoms with van der Waals surface area (Å²) < 4.78 is 19.3. The van der Waals surface area contributed by atoms with Crippen LogP contribution in [0.2, 0.25) is 0 Å². The number of anilines is 1. The fourth-order valence-electron chi connectivity index (χ4n) is 3.87. The molecule has 1 aromatic carbocycles. The van der Waals surface area contributed by atoms with Crippen LogP contribution in [-0.4, -0.2) is 40.5 Å². The third kappa shape index (κ3) is 5.29. The van der Waals surface area contributed by atoms with E-state index in [1.807, 2.05) is 35.2 Å². The maximum atomic E-state index is 13.4.